The molecule has 4 heteroatoms. The summed E-state index contributed by atoms with van der Waals surface area (Å²) >= 11 is 0. The number of carbonyl (C=O) groups is 1. The van der Waals surface area contributed by atoms with E-state index in [9.17, 15) is 4.79 Å². The number of rotatable bonds is 5. The van der Waals surface area contributed by atoms with Crippen molar-refractivity contribution >= 4 is 5.91 Å². The van der Waals surface area contributed by atoms with Crippen LogP contribution >= 0.6 is 0 Å². The number of carbonyl (C=O) groups excluding carboxylic acids is 1. The summed E-state index contributed by atoms with van der Waals surface area (Å²) in [6, 6.07) is 4.05. The Morgan fingerprint density at radius 3 is 2.93 bits per heavy atom. The summed E-state index contributed by atoms with van der Waals surface area (Å²) in [5, 5.41) is 0. The molecule has 1 aromatic rings. The van der Waals surface area contributed by atoms with Crippen molar-refractivity contribution in [3.8, 4) is 0 Å². The molecule has 1 aliphatic carbocycles. The second-order valence-corrected chi connectivity index (χ2v) is 4.06. The maximum Gasteiger partial charge on any atom is 0.234 e. The van der Waals surface area contributed by atoms with E-state index in [0.717, 1.165) is 18.6 Å². The maximum atomic E-state index is 11.2. The smallest absolute Gasteiger partial charge is 0.234 e. The number of furan rings is 1. The van der Waals surface area contributed by atoms with Crippen molar-refractivity contribution in [3.63, 3.8) is 0 Å². The minimum atomic E-state index is -0.270. The van der Waals surface area contributed by atoms with E-state index in [1.807, 2.05) is 19.1 Å². The molecule has 1 aliphatic rings. The third kappa shape index (κ3) is 2.39. The molecule has 1 amide bonds. The zero-order valence-corrected chi connectivity index (χ0v) is 8.85. The van der Waals surface area contributed by atoms with Crippen molar-refractivity contribution in [2.24, 2.45) is 5.73 Å². The first-order valence-corrected chi connectivity index (χ1v) is 5.26. The molecule has 0 aliphatic heterocycles. The highest BCUT2D eigenvalue weighted by Crippen LogP contribution is 2.30. The molecule has 0 saturated heterocycles. The van der Waals surface area contributed by atoms with Gasteiger partial charge in [-0.05, 0) is 31.9 Å². The summed E-state index contributed by atoms with van der Waals surface area (Å²) in [4.78, 5) is 13.3. The first-order chi connectivity index (χ1) is 7.18. The van der Waals surface area contributed by atoms with Gasteiger partial charge in [-0.25, -0.2) is 0 Å². The van der Waals surface area contributed by atoms with Crippen molar-refractivity contribution in [2.75, 3.05) is 0 Å². The van der Waals surface area contributed by atoms with Gasteiger partial charge in [0, 0.05) is 6.04 Å². The molecule has 82 valence electrons. The standard InChI is InChI=1S/C11H16N2O2/c1-8(11(12)14)13(9-4-5-9)7-10-3-2-6-15-10/h2-3,6,8-9H,4-5,7H2,1H3,(H2,12,14). The average Bonchev–Trinajstić information content (AvgIpc) is 2.92. The highest BCUT2D eigenvalue weighted by molar-refractivity contribution is 5.79. The van der Waals surface area contributed by atoms with Gasteiger partial charge in [-0.3, -0.25) is 9.69 Å². The predicted molar refractivity (Wildman–Crippen MR) is 55.9 cm³/mol. The Morgan fingerprint density at radius 2 is 2.47 bits per heavy atom. The lowest BCUT2D eigenvalue weighted by atomic mass is 10.2. The van der Waals surface area contributed by atoms with Gasteiger partial charge in [0.25, 0.3) is 0 Å². The molecule has 0 radical (unpaired) electrons. The monoisotopic (exact) mass is 208 g/mol. The molecular formula is C11H16N2O2. The van der Waals surface area contributed by atoms with Gasteiger partial charge in [-0.2, -0.15) is 0 Å². The van der Waals surface area contributed by atoms with Gasteiger partial charge in [0.15, 0.2) is 0 Å². The van der Waals surface area contributed by atoms with Crippen LogP contribution in [-0.2, 0) is 11.3 Å². The molecule has 1 fully saturated rings. The summed E-state index contributed by atoms with van der Waals surface area (Å²) in [5.41, 5.74) is 5.32. The first kappa shape index (κ1) is 10.2. The van der Waals surface area contributed by atoms with Crippen LogP contribution in [0.3, 0.4) is 0 Å². The molecule has 1 heterocycles. The van der Waals surface area contributed by atoms with E-state index in [2.05, 4.69) is 4.90 Å². The Kier molecular flexibility index (Phi) is 2.77. The average molecular weight is 208 g/mol. The second kappa shape index (κ2) is 4.06. The fraction of sp³-hybridized carbons (Fsp3) is 0.545. The molecule has 1 atom stereocenters. The second-order valence-electron chi connectivity index (χ2n) is 4.06. The number of hydrogen-bond donors (Lipinski definition) is 1. The van der Waals surface area contributed by atoms with Crippen LogP contribution in [0.4, 0.5) is 0 Å². The minimum absolute atomic E-state index is 0.220. The summed E-state index contributed by atoms with van der Waals surface area (Å²) in [5.74, 6) is 0.614. The molecule has 1 saturated carbocycles. The number of amides is 1. The highest BCUT2D eigenvalue weighted by atomic mass is 16.3. The molecule has 0 aromatic carbocycles. The Bertz CT molecular complexity index is 330. The molecule has 4 nitrogen and oxygen atoms in total. The summed E-state index contributed by atoms with van der Waals surface area (Å²) < 4.78 is 5.28. The lowest BCUT2D eigenvalue weighted by molar-refractivity contribution is -0.123. The molecule has 2 N–H and O–H groups in total. The Labute approximate surface area is 89.0 Å². The third-order valence-corrected chi connectivity index (χ3v) is 2.84. The van der Waals surface area contributed by atoms with E-state index in [0.29, 0.717) is 12.6 Å². The van der Waals surface area contributed by atoms with Crippen molar-refractivity contribution in [1.29, 1.82) is 0 Å². The van der Waals surface area contributed by atoms with E-state index < -0.39 is 0 Å². The van der Waals surface area contributed by atoms with Gasteiger partial charge in [0.2, 0.25) is 5.91 Å². The highest BCUT2D eigenvalue weighted by Gasteiger charge is 2.34. The quantitative estimate of drug-likeness (QED) is 0.788. The normalized spacial score (nSPS) is 18.0. The van der Waals surface area contributed by atoms with Crippen LogP contribution in [0, 0.1) is 0 Å². The fourth-order valence-electron chi connectivity index (χ4n) is 1.73. The first-order valence-electron chi connectivity index (χ1n) is 5.26. The molecule has 1 aromatic heterocycles. The Balaban J connectivity index is 2.03. The number of primary amides is 1. The lowest BCUT2D eigenvalue weighted by Gasteiger charge is -2.25. The largest absolute Gasteiger partial charge is 0.468 e. The number of hydrogen-bond acceptors (Lipinski definition) is 3. The summed E-state index contributed by atoms with van der Waals surface area (Å²) in [6.07, 6.45) is 3.95. The third-order valence-electron chi connectivity index (χ3n) is 2.84. The maximum absolute atomic E-state index is 11.2. The SMILES string of the molecule is CC(C(N)=O)N(Cc1ccco1)C1CC1. The zero-order valence-electron chi connectivity index (χ0n) is 8.85. The van der Waals surface area contributed by atoms with Gasteiger partial charge >= 0.3 is 0 Å². The minimum Gasteiger partial charge on any atom is -0.468 e. The molecular weight excluding hydrogens is 192 g/mol. The molecule has 15 heavy (non-hydrogen) atoms. The Hall–Kier alpha value is -1.29. The van der Waals surface area contributed by atoms with Crippen LogP contribution in [-0.4, -0.2) is 22.9 Å². The van der Waals surface area contributed by atoms with Crippen molar-refractivity contribution in [2.45, 2.75) is 38.4 Å². The topological polar surface area (TPSA) is 59.5 Å². The predicted octanol–water partition coefficient (Wildman–Crippen LogP) is 1.12. The van der Waals surface area contributed by atoms with E-state index in [1.54, 1.807) is 6.26 Å². The van der Waals surface area contributed by atoms with Crippen LogP contribution < -0.4 is 5.73 Å². The van der Waals surface area contributed by atoms with E-state index in [4.69, 9.17) is 10.2 Å². The van der Waals surface area contributed by atoms with E-state index >= 15 is 0 Å². The summed E-state index contributed by atoms with van der Waals surface area (Å²) in [6.45, 7) is 2.52. The fourth-order valence-corrected chi connectivity index (χ4v) is 1.73. The molecule has 1 unspecified atom stereocenters. The Morgan fingerprint density at radius 1 is 1.73 bits per heavy atom. The number of nitrogens with zero attached hydrogens (tertiary/aromatic N) is 1. The van der Waals surface area contributed by atoms with Crippen molar-refractivity contribution in [1.82, 2.24) is 4.90 Å². The zero-order chi connectivity index (χ0) is 10.8. The van der Waals surface area contributed by atoms with Crippen LogP contribution in [0.25, 0.3) is 0 Å². The van der Waals surface area contributed by atoms with Crippen LogP contribution in [0.1, 0.15) is 25.5 Å². The van der Waals surface area contributed by atoms with Gasteiger partial charge in [0.05, 0.1) is 18.8 Å². The van der Waals surface area contributed by atoms with E-state index in [-0.39, 0.29) is 11.9 Å². The lowest BCUT2D eigenvalue weighted by Crippen LogP contribution is -2.43. The van der Waals surface area contributed by atoms with Crippen LogP contribution in [0.15, 0.2) is 22.8 Å². The number of nitrogens with two attached hydrogens (primary N) is 1. The molecule has 0 bridgehead atoms. The van der Waals surface area contributed by atoms with Gasteiger partial charge in [0.1, 0.15) is 5.76 Å². The molecule has 2 rings (SSSR count). The van der Waals surface area contributed by atoms with E-state index in [1.165, 1.54) is 0 Å². The van der Waals surface area contributed by atoms with Crippen molar-refractivity contribution in [3.05, 3.63) is 24.2 Å². The van der Waals surface area contributed by atoms with Gasteiger partial charge in [-0.1, -0.05) is 0 Å². The van der Waals surface area contributed by atoms with Crippen LogP contribution in [0.5, 0.6) is 0 Å². The summed E-state index contributed by atoms with van der Waals surface area (Å²) in [7, 11) is 0. The van der Waals surface area contributed by atoms with Gasteiger partial charge in [-0.15, -0.1) is 0 Å². The van der Waals surface area contributed by atoms with Crippen LogP contribution in [0.2, 0.25) is 0 Å². The van der Waals surface area contributed by atoms with Gasteiger partial charge < -0.3 is 10.2 Å². The molecule has 0 spiro atoms. The van der Waals surface area contributed by atoms with Crippen molar-refractivity contribution < 1.29 is 9.21 Å².